The molecule has 14 heavy (non-hydrogen) atoms. The van der Waals surface area contributed by atoms with Crippen molar-refractivity contribution < 1.29 is 14.6 Å². The van der Waals surface area contributed by atoms with E-state index in [4.69, 9.17) is 15.2 Å². The summed E-state index contributed by atoms with van der Waals surface area (Å²) in [6.45, 7) is 0.250. The zero-order valence-electron chi connectivity index (χ0n) is 7.93. The van der Waals surface area contributed by atoms with Gasteiger partial charge in [0.1, 0.15) is 24.2 Å². The number of nitrogens with two attached hydrogens (primary N) is 1. The van der Waals surface area contributed by atoms with Crippen molar-refractivity contribution in [1.29, 1.82) is 0 Å². The number of hydrogen-bond acceptors (Lipinski definition) is 4. The Balaban J connectivity index is 2.41. The molecule has 0 aromatic heterocycles. The van der Waals surface area contributed by atoms with Gasteiger partial charge in [0.15, 0.2) is 0 Å². The fourth-order valence-corrected chi connectivity index (χ4v) is 1.53. The zero-order chi connectivity index (χ0) is 10.1. The van der Waals surface area contributed by atoms with E-state index in [0.717, 1.165) is 17.1 Å². The smallest absolute Gasteiger partial charge is 0.124 e. The highest BCUT2D eigenvalue weighted by Gasteiger charge is 2.26. The molecule has 0 amide bonds. The fourth-order valence-electron chi connectivity index (χ4n) is 1.53. The van der Waals surface area contributed by atoms with Crippen LogP contribution < -0.4 is 15.2 Å². The molecule has 4 nitrogen and oxygen atoms in total. The van der Waals surface area contributed by atoms with Gasteiger partial charge in [0, 0.05) is 5.56 Å². The van der Waals surface area contributed by atoms with Gasteiger partial charge in [-0.1, -0.05) is 0 Å². The average molecular weight is 195 g/mol. The zero-order valence-corrected chi connectivity index (χ0v) is 7.93. The molecule has 0 radical (unpaired) electrons. The van der Waals surface area contributed by atoms with E-state index in [1.54, 1.807) is 19.2 Å². The summed E-state index contributed by atoms with van der Waals surface area (Å²) < 4.78 is 10.4. The lowest BCUT2D eigenvalue weighted by Crippen LogP contribution is -2.35. The first-order chi connectivity index (χ1) is 6.72. The van der Waals surface area contributed by atoms with Crippen LogP contribution in [0.3, 0.4) is 0 Å². The summed E-state index contributed by atoms with van der Waals surface area (Å²) in [6.07, 6.45) is -0.644. The summed E-state index contributed by atoms with van der Waals surface area (Å²) in [5, 5.41) is 9.50. The lowest BCUT2D eigenvalue weighted by atomic mass is 9.99. The SMILES string of the molecule is COc1ccc2c(c1)C(N)C(O)CO2. The molecule has 0 aliphatic carbocycles. The molecule has 0 saturated carbocycles. The maximum Gasteiger partial charge on any atom is 0.124 e. The van der Waals surface area contributed by atoms with Crippen LogP contribution in [0.5, 0.6) is 11.5 Å². The molecule has 0 fully saturated rings. The monoisotopic (exact) mass is 195 g/mol. The molecule has 3 N–H and O–H groups in total. The van der Waals surface area contributed by atoms with Crippen molar-refractivity contribution in [2.24, 2.45) is 5.73 Å². The van der Waals surface area contributed by atoms with E-state index in [1.807, 2.05) is 6.07 Å². The number of hydrogen-bond donors (Lipinski definition) is 2. The van der Waals surface area contributed by atoms with Gasteiger partial charge in [0.05, 0.1) is 13.2 Å². The molecule has 1 aromatic carbocycles. The largest absolute Gasteiger partial charge is 0.497 e. The number of aliphatic hydroxyl groups excluding tert-OH is 1. The first kappa shape index (κ1) is 9.30. The molecule has 1 aromatic rings. The van der Waals surface area contributed by atoms with Crippen molar-refractivity contribution in [1.82, 2.24) is 0 Å². The molecule has 4 heteroatoms. The first-order valence-electron chi connectivity index (χ1n) is 4.46. The van der Waals surface area contributed by atoms with Crippen molar-refractivity contribution >= 4 is 0 Å². The Hall–Kier alpha value is -1.26. The second-order valence-corrected chi connectivity index (χ2v) is 3.31. The molecule has 1 aliphatic rings. The number of ether oxygens (including phenoxy) is 2. The Morgan fingerprint density at radius 2 is 2.36 bits per heavy atom. The predicted octanol–water partition coefficient (Wildman–Crippen LogP) is 0.448. The predicted molar refractivity (Wildman–Crippen MR) is 51.4 cm³/mol. The normalized spacial score (nSPS) is 25.1. The van der Waals surface area contributed by atoms with E-state index in [9.17, 15) is 5.11 Å². The Bertz CT molecular complexity index is 340. The van der Waals surface area contributed by atoms with Crippen molar-refractivity contribution in [2.75, 3.05) is 13.7 Å². The topological polar surface area (TPSA) is 64.7 Å². The van der Waals surface area contributed by atoms with Crippen LogP contribution in [0.4, 0.5) is 0 Å². The third-order valence-corrected chi connectivity index (χ3v) is 2.40. The van der Waals surface area contributed by atoms with E-state index in [1.165, 1.54) is 0 Å². The summed E-state index contributed by atoms with van der Waals surface area (Å²) in [5.41, 5.74) is 6.62. The van der Waals surface area contributed by atoms with Gasteiger partial charge in [-0.2, -0.15) is 0 Å². The van der Waals surface area contributed by atoms with Crippen LogP contribution in [-0.2, 0) is 0 Å². The van der Waals surface area contributed by atoms with Crippen molar-refractivity contribution in [2.45, 2.75) is 12.1 Å². The minimum atomic E-state index is -0.644. The van der Waals surface area contributed by atoms with Crippen molar-refractivity contribution in [3.05, 3.63) is 23.8 Å². The number of fused-ring (bicyclic) bond motifs is 1. The van der Waals surface area contributed by atoms with E-state index in [0.29, 0.717) is 0 Å². The number of benzene rings is 1. The van der Waals surface area contributed by atoms with E-state index < -0.39 is 12.1 Å². The van der Waals surface area contributed by atoms with Gasteiger partial charge in [-0.05, 0) is 18.2 Å². The summed E-state index contributed by atoms with van der Waals surface area (Å²) in [4.78, 5) is 0. The number of aliphatic hydroxyl groups is 1. The Morgan fingerprint density at radius 3 is 3.07 bits per heavy atom. The van der Waals surface area contributed by atoms with Crippen LogP contribution in [0.15, 0.2) is 18.2 Å². The standard InChI is InChI=1S/C10H13NO3/c1-13-6-2-3-9-7(4-6)10(11)8(12)5-14-9/h2-4,8,10,12H,5,11H2,1H3. The van der Waals surface area contributed by atoms with Gasteiger partial charge in [-0.15, -0.1) is 0 Å². The van der Waals surface area contributed by atoms with Gasteiger partial charge >= 0.3 is 0 Å². The van der Waals surface area contributed by atoms with Crippen LogP contribution in [-0.4, -0.2) is 24.9 Å². The molecule has 2 unspecified atom stereocenters. The van der Waals surface area contributed by atoms with E-state index >= 15 is 0 Å². The number of rotatable bonds is 1. The van der Waals surface area contributed by atoms with Gasteiger partial charge in [-0.3, -0.25) is 0 Å². The minimum absolute atomic E-state index is 0.250. The second-order valence-electron chi connectivity index (χ2n) is 3.31. The average Bonchev–Trinajstić information content (AvgIpc) is 2.23. The summed E-state index contributed by atoms with van der Waals surface area (Å²) in [5.74, 6) is 1.44. The van der Waals surface area contributed by atoms with E-state index in [2.05, 4.69) is 0 Å². The molecule has 2 atom stereocenters. The van der Waals surface area contributed by atoms with Gasteiger partial charge in [-0.25, -0.2) is 0 Å². The third kappa shape index (κ3) is 1.42. The van der Waals surface area contributed by atoms with Crippen molar-refractivity contribution in [3.8, 4) is 11.5 Å². The lowest BCUT2D eigenvalue weighted by Gasteiger charge is -2.27. The fraction of sp³-hybridized carbons (Fsp3) is 0.400. The Kier molecular flexibility index (Phi) is 2.31. The molecule has 2 rings (SSSR count). The van der Waals surface area contributed by atoms with Gasteiger partial charge < -0.3 is 20.3 Å². The highest BCUT2D eigenvalue weighted by atomic mass is 16.5. The maximum atomic E-state index is 9.50. The van der Waals surface area contributed by atoms with Crippen LogP contribution in [0.2, 0.25) is 0 Å². The molecule has 76 valence electrons. The maximum absolute atomic E-state index is 9.50. The molecular weight excluding hydrogens is 182 g/mol. The summed E-state index contributed by atoms with van der Waals surface area (Å²) in [7, 11) is 1.59. The van der Waals surface area contributed by atoms with Crippen LogP contribution in [0.25, 0.3) is 0 Å². The highest BCUT2D eigenvalue weighted by Crippen LogP contribution is 2.33. The Morgan fingerprint density at radius 1 is 1.57 bits per heavy atom. The third-order valence-electron chi connectivity index (χ3n) is 2.40. The van der Waals surface area contributed by atoms with Gasteiger partial charge in [0.25, 0.3) is 0 Å². The molecule has 1 aliphatic heterocycles. The van der Waals surface area contributed by atoms with Crippen LogP contribution in [0, 0.1) is 0 Å². The number of methoxy groups -OCH3 is 1. The minimum Gasteiger partial charge on any atom is -0.497 e. The molecule has 0 bridgehead atoms. The Labute approximate surface area is 82.2 Å². The second kappa shape index (κ2) is 3.48. The molecule has 1 heterocycles. The first-order valence-corrected chi connectivity index (χ1v) is 4.46. The van der Waals surface area contributed by atoms with Crippen LogP contribution >= 0.6 is 0 Å². The van der Waals surface area contributed by atoms with Crippen LogP contribution in [0.1, 0.15) is 11.6 Å². The molecule has 0 spiro atoms. The van der Waals surface area contributed by atoms with E-state index in [-0.39, 0.29) is 6.61 Å². The molecule has 0 saturated heterocycles. The lowest BCUT2D eigenvalue weighted by molar-refractivity contribution is 0.0677. The van der Waals surface area contributed by atoms with Gasteiger partial charge in [0.2, 0.25) is 0 Å². The van der Waals surface area contributed by atoms with Crippen molar-refractivity contribution in [3.63, 3.8) is 0 Å². The summed E-state index contributed by atoms with van der Waals surface area (Å²) >= 11 is 0. The highest BCUT2D eigenvalue weighted by molar-refractivity contribution is 5.43. The summed E-state index contributed by atoms with van der Waals surface area (Å²) in [6, 6.07) is 5.01. The molecular formula is C10H13NO3. The quantitative estimate of drug-likeness (QED) is 0.682.